The van der Waals surface area contributed by atoms with Crippen LogP contribution >= 0.6 is 12.4 Å². The SMILES string of the molecule is COc1ccc(-c2[nH]ncc2CN2CCC3(CCNCC3)C2)cc1.Cl. The molecule has 2 N–H and O–H groups in total. The Labute approximate surface area is 155 Å². The number of nitrogens with one attached hydrogen (secondary N) is 2. The lowest BCUT2D eigenvalue weighted by atomic mass is 9.78. The summed E-state index contributed by atoms with van der Waals surface area (Å²) in [6.07, 6.45) is 5.96. The fraction of sp³-hybridized carbons (Fsp3) is 0.526. The van der Waals surface area contributed by atoms with Gasteiger partial charge in [0.2, 0.25) is 0 Å². The van der Waals surface area contributed by atoms with E-state index >= 15 is 0 Å². The summed E-state index contributed by atoms with van der Waals surface area (Å²) in [5, 5.41) is 11.0. The first-order valence-corrected chi connectivity index (χ1v) is 8.88. The summed E-state index contributed by atoms with van der Waals surface area (Å²) in [7, 11) is 1.70. The molecule has 0 radical (unpaired) electrons. The molecule has 136 valence electrons. The Hall–Kier alpha value is -1.56. The third-order valence-corrected chi connectivity index (χ3v) is 5.67. The number of halogens is 1. The number of hydrogen-bond donors (Lipinski definition) is 2. The Kier molecular flexibility index (Phi) is 5.67. The van der Waals surface area contributed by atoms with Crippen molar-refractivity contribution in [2.24, 2.45) is 5.41 Å². The van der Waals surface area contributed by atoms with Crippen LogP contribution in [0.5, 0.6) is 5.75 Å². The summed E-state index contributed by atoms with van der Waals surface area (Å²) in [5.74, 6) is 0.882. The van der Waals surface area contributed by atoms with Crippen molar-refractivity contribution in [3.05, 3.63) is 36.0 Å². The first-order valence-electron chi connectivity index (χ1n) is 8.88. The van der Waals surface area contributed by atoms with Gasteiger partial charge in [0.05, 0.1) is 19.0 Å². The van der Waals surface area contributed by atoms with Crippen LogP contribution in [0.4, 0.5) is 0 Å². The fourth-order valence-corrected chi connectivity index (χ4v) is 4.21. The van der Waals surface area contributed by atoms with Crippen LogP contribution in [-0.2, 0) is 6.54 Å². The highest BCUT2D eigenvalue weighted by molar-refractivity contribution is 5.85. The Balaban J connectivity index is 0.00000182. The van der Waals surface area contributed by atoms with Crippen molar-refractivity contribution < 1.29 is 4.74 Å². The minimum atomic E-state index is 0. The molecule has 2 fully saturated rings. The number of likely N-dealkylation sites (tertiary alicyclic amines) is 1. The second-order valence-electron chi connectivity index (χ2n) is 7.21. The molecule has 0 aliphatic carbocycles. The Morgan fingerprint density at radius 3 is 2.64 bits per heavy atom. The normalized spacial score (nSPS) is 19.7. The van der Waals surface area contributed by atoms with Crippen molar-refractivity contribution in [1.82, 2.24) is 20.4 Å². The van der Waals surface area contributed by atoms with Crippen LogP contribution in [0.2, 0.25) is 0 Å². The molecule has 2 aliphatic rings. The first-order chi connectivity index (χ1) is 11.8. The van der Waals surface area contributed by atoms with E-state index in [0.29, 0.717) is 5.41 Å². The van der Waals surface area contributed by atoms with Gasteiger partial charge in [-0.05, 0) is 68.6 Å². The maximum Gasteiger partial charge on any atom is 0.118 e. The number of H-pyrrole nitrogens is 1. The highest BCUT2D eigenvalue weighted by Gasteiger charge is 2.38. The second kappa shape index (κ2) is 7.77. The zero-order valence-corrected chi connectivity index (χ0v) is 15.6. The third kappa shape index (κ3) is 3.84. The molecule has 1 spiro atoms. The summed E-state index contributed by atoms with van der Waals surface area (Å²) >= 11 is 0. The molecule has 0 amide bonds. The molecule has 1 aromatic carbocycles. The number of piperidine rings is 1. The number of aromatic nitrogens is 2. The zero-order chi connectivity index (χ0) is 16.4. The largest absolute Gasteiger partial charge is 0.497 e. The highest BCUT2D eigenvalue weighted by atomic mass is 35.5. The van der Waals surface area contributed by atoms with Crippen LogP contribution in [0.3, 0.4) is 0 Å². The van der Waals surface area contributed by atoms with E-state index in [4.69, 9.17) is 4.74 Å². The Morgan fingerprint density at radius 1 is 1.16 bits per heavy atom. The van der Waals surface area contributed by atoms with Crippen molar-refractivity contribution in [3.63, 3.8) is 0 Å². The topological polar surface area (TPSA) is 53.2 Å². The van der Waals surface area contributed by atoms with E-state index < -0.39 is 0 Å². The predicted molar refractivity (Wildman–Crippen MR) is 102 cm³/mol. The van der Waals surface area contributed by atoms with E-state index in [1.54, 1.807) is 7.11 Å². The smallest absolute Gasteiger partial charge is 0.118 e. The molecule has 2 saturated heterocycles. The van der Waals surface area contributed by atoms with E-state index in [1.807, 2.05) is 18.3 Å². The van der Waals surface area contributed by atoms with E-state index in [0.717, 1.165) is 18.0 Å². The predicted octanol–water partition coefficient (Wildman–Crippen LogP) is 3.08. The van der Waals surface area contributed by atoms with Crippen molar-refractivity contribution >= 4 is 12.4 Å². The standard InChI is InChI=1S/C19H26N4O.ClH/c1-24-17-4-2-15(3-5-17)18-16(12-21-22-18)13-23-11-8-19(14-23)6-9-20-10-7-19;/h2-5,12,20H,6-11,13-14H2,1H3,(H,21,22);1H. The van der Waals surface area contributed by atoms with Gasteiger partial charge in [0.25, 0.3) is 0 Å². The maximum absolute atomic E-state index is 5.25. The number of benzene rings is 1. The van der Waals surface area contributed by atoms with Gasteiger partial charge in [-0.25, -0.2) is 0 Å². The summed E-state index contributed by atoms with van der Waals surface area (Å²) in [6.45, 7) is 5.76. The Morgan fingerprint density at radius 2 is 1.92 bits per heavy atom. The van der Waals surface area contributed by atoms with Crippen LogP contribution in [0.15, 0.2) is 30.5 Å². The van der Waals surface area contributed by atoms with Gasteiger partial charge in [0.15, 0.2) is 0 Å². The molecule has 25 heavy (non-hydrogen) atoms. The number of methoxy groups -OCH3 is 1. The van der Waals surface area contributed by atoms with Gasteiger partial charge >= 0.3 is 0 Å². The van der Waals surface area contributed by atoms with E-state index in [-0.39, 0.29) is 12.4 Å². The van der Waals surface area contributed by atoms with Crippen LogP contribution in [-0.4, -0.2) is 48.4 Å². The summed E-state index contributed by atoms with van der Waals surface area (Å²) in [5.41, 5.74) is 4.13. The molecular formula is C19H27ClN4O. The number of ether oxygens (including phenoxy) is 1. The van der Waals surface area contributed by atoms with Gasteiger partial charge in [-0.3, -0.25) is 10.00 Å². The number of rotatable bonds is 4. The highest BCUT2D eigenvalue weighted by Crippen LogP contribution is 2.39. The average molecular weight is 363 g/mol. The fourth-order valence-electron chi connectivity index (χ4n) is 4.21. The van der Waals surface area contributed by atoms with Gasteiger partial charge in [-0.2, -0.15) is 5.10 Å². The lowest BCUT2D eigenvalue weighted by Gasteiger charge is -2.33. The van der Waals surface area contributed by atoms with Crippen LogP contribution < -0.4 is 10.1 Å². The maximum atomic E-state index is 5.25. The lowest BCUT2D eigenvalue weighted by Crippen LogP contribution is -2.38. The molecule has 2 aromatic rings. The molecule has 0 unspecified atom stereocenters. The van der Waals surface area contributed by atoms with E-state index in [2.05, 4.69) is 32.5 Å². The summed E-state index contributed by atoms with van der Waals surface area (Å²) < 4.78 is 5.25. The molecule has 0 atom stereocenters. The molecule has 2 aliphatic heterocycles. The molecule has 0 bridgehead atoms. The minimum Gasteiger partial charge on any atom is -0.497 e. The molecule has 4 rings (SSSR count). The average Bonchev–Trinajstić information content (AvgIpc) is 3.24. The molecular weight excluding hydrogens is 336 g/mol. The molecule has 6 heteroatoms. The van der Waals surface area contributed by atoms with Crippen molar-refractivity contribution in [1.29, 1.82) is 0 Å². The molecule has 0 saturated carbocycles. The third-order valence-electron chi connectivity index (χ3n) is 5.67. The van der Waals surface area contributed by atoms with E-state index in [9.17, 15) is 0 Å². The number of aromatic amines is 1. The number of nitrogens with zero attached hydrogens (tertiary/aromatic N) is 2. The second-order valence-corrected chi connectivity index (χ2v) is 7.21. The van der Waals surface area contributed by atoms with Gasteiger partial charge < -0.3 is 10.1 Å². The van der Waals surface area contributed by atoms with Gasteiger partial charge in [-0.1, -0.05) is 0 Å². The van der Waals surface area contributed by atoms with Crippen LogP contribution in [0.25, 0.3) is 11.3 Å². The van der Waals surface area contributed by atoms with Gasteiger partial charge in [-0.15, -0.1) is 12.4 Å². The van der Waals surface area contributed by atoms with Crippen LogP contribution in [0.1, 0.15) is 24.8 Å². The molecule has 1 aromatic heterocycles. The minimum absolute atomic E-state index is 0. The quantitative estimate of drug-likeness (QED) is 0.877. The van der Waals surface area contributed by atoms with Crippen molar-refractivity contribution in [2.45, 2.75) is 25.8 Å². The van der Waals surface area contributed by atoms with Crippen LogP contribution in [0, 0.1) is 5.41 Å². The summed E-state index contributed by atoms with van der Waals surface area (Å²) in [6, 6.07) is 8.18. The van der Waals surface area contributed by atoms with Gasteiger partial charge in [0.1, 0.15) is 5.75 Å². The van der Waals surface area contributed by atoms with Gasteiger partial charge in [0, 0.05) is 24.2 Å². The monoisotopic (exact) mass is 362 g/mol. The first kappa shape index (κ1) is 18.2. The number of hydrogen-bond acceptors (Lipinski definition) is 4. The molecule has 3 heterocycles. The lowest BCUT2D eigenvalue weighted by molar-refractivity contribution is 0.194. The van der Waals surface area contributed by atoms with Crippen molar-refractivity contribution in [2.75, 3.05) is 33.3 Å². The van der Waals surface area contributed by atoms with E-state index in [1.165, 1.54) is 56.6 Å². The zero-order valence-electron chi connectivity index (χ0n) is 14.8. The summed E-state index contributed by atoms with van der Waals surface area (Å²) in [4.78, 5) is 2.60. The van der Waals surface area contributed by atoms with Crippen molar-refractivity contribution in [3.8, 4) is 17.0 Å². The Bertz CT molecular complexity index is 679. The molecule has 5 nitrogen and oxygen atoms in total.